The summed E-state index contributed by atoms with van der Waals surface area (Å²) in [7, 11) is 0. The fourth-order valence-electron chi connectivity index (χ4n) is 3.57. The molecule has 0 spiro atoms. The minimum atomic E-state index is -0.0743. The molecule has 1 amide bonds. The quantitative estimate of drug-likeness (QED) is 0.579. The lowest BCUT2D eigenvalue weighted by atomic mass is 9.95. The summed E-state index contributed by atoms with van der Waals surface area (Å²) in [6.07, 6.45) is 6.14. The van der Waals surface area contributed by atoms with Crippen LogP contribution in [0.5, 0.6) is 0 Å². The second-order valence-electron chi connectivity index (χ2n) is 6.93. The number of hydrogen-bond acceptors (Lipinski definition) is 6. The number of rotatable bonds is 6. The van der Waals surface area contributed by atoms with E-state index < -0.39 is 0 Å². The highest BCUT2D eigenvalue weighted by atomic mass is 32.2. The van der Waals surface area contributed by atoms with E-state index in [4.69, 9.17) is 0 Å². The highest BCUT2D eigenvalue weighted by Crippen LogP contribution is 2.32. The Bertz CT molecular complexity index is 931. The zero-order valence-electron chi connectivity index (χ0n) is 15.8. The minimum Gasteiger partial charge on any atom is -0.303 e. The zero-order valence-corrected chi connectivity index (χ0v) is 17.4. The monoisotopic (exact) mass is 413 g/mol. The molecule has 0 atom stereocenters. The Morgan fingerprint density at radius 3 is 2.79 bits per heavy atom. The normalized spacial score (nSPS) is 14.9. The molecule has 8 heteroatoms. The average molecular weight is 414 g/mol. The molecule has 146 valence electrons. The Kier molecular flexibility index (Phi) is 6.07. The lowest BCUT2D eigenvalue weighted by Gasteiger charge is -2.24. The second-order valence-corrected chi connectivity index (χ2v) is 8.73. The summed E-state index contributed by atoms with van der Waals surface area (Å²) in [5.74, 6) is 1.16. The number of amides is 1. The Hall–Kier alpha value is -2.19. The average Bonchev–Trinajstić information content (AvgIpc) is 3.34. The highest BCUT2D eigenvalue weighted by molar-refractivity contribution is 7.99. The minimum absolute atomic E-state index is 0.0743. The van der Waals surface area contributed by atoms with E-state index in [-0.39, 0.29) is 5.91 Å². The molecule has 1 N–H and O–H groups in total. The first-order chi connectivity index (χ1) is 13.7. The number of aromatic nitrogens is 4. The van der Waals surface area contributed by atoms with E-state index in [9.17, 15) is 4.79 Å². The lowest BCUT2D eigenvalue weighted by Crippen LogP contribution is -2.17. The lowest BCUT2D eigenvalue weighted by molar-refractivity contribution is -0.113. The largest absolute Gasteiger partial charge is 0.303 e. The van der Waals surface area contributed by atoms with Crippen LogP contribution >= 0.6 is 23.1 Å². The van der Waals surface area contributed by atoms with Gasteiger partial charge in [0.25, 0.3) is 0 Å². The van der Waals surface area contributed by atoms with Crippen molar-refractivity contribution in [1.82, 2.24) is 19.7 Å². The highest BCUT2D eigenvalue weighted by Gasteiger charge is 2.22. The van der Waals surface area contributed by atoms with Crippen molar-refractivity contribution >= 4 is 34.1 Å². The number of benzene rings is 1. The molecule has 6 nitrogen and oxygen atoms in total. The molecule has 1 saturated carbocycles. The number of nitrogens with zero attached hydrogens (tertiary/aromatic N) is 4. The van der Waals surface area contributed by atoms with Gasteiger partial charge in [-0.2, -0.15) is 0 Å². The Labute approximate surface area is 172 Å². The maximum absolute atomic E-state index is 12.4. The third-order valence-corrected chi connectivity index (χ3v) is 6.63. The molecular formula is C20H23N5OS2. The fourth-order valence-corrected chi connectivity index (χ4v) is 5.15. The van der Waals surface area contributed by atoms with Crippen LogP contribution in [0.2, 0.25) is 0 Å². The summed E-state index contributed by atoms with van der Waals surface area (Å²) in [6.45, 7) is 1.99. The standard InChI is InChI=1S/C20H23N5OS2/c1-14-23-24-20(25(14)16-10-6-3-7-11-16)28-13-18(26)22-19-21-17(12-27-19)15-8-4-2-5-9-15/h2,4-5,8-9,12,16H,3,6-7,10-11,13H2,1H3,(H,21,22,26). The maximum Gasteiger partial charge on any atom is 0.236 e. The van der Waals surface area contributed by atoms with Crippen LogP contribution in [-0.2, 0) is 4.79 Å². The van der Waals surface area contributed by atoms with E-state index in [1.54, 1.807) is 0 Å². The van der Waals surface area contributed by atoms with Gasteiger partial charge in [0, 0.05) is 17.0 Å². The summed E-state index contributed by atoms with van der Waals surface area (Å²) in [5.41, 5.74) is 1.92. The maximum atomic E-state index is 12.4. The van der Waals surface area contributed by atoms with Crippen LogP contribution in [0, 0.1) is 6.92 Å². The Morgan fingerprint density at radius 1 is 1.21 bits per heavy atom. The molecular weight excluding hydrogens is 390 g/mol. The smallest absolute Gasteiger partial charge is 0.236 e. The Balaban J connectivity index is 1.36. The van der Waals surface area contributed by atoms with Crippen molar-refractivity contribution in [2.24, 2.45) is 0 Å². The summed E-state index contributed by atoms with van der Waals surface area (Å²) in [5, 5.41) is 14.9. The third kappa shape index (κ3) is 4.44. The van der Waals surface area contributed by atoms with Crippen molar-refractivity contribution in [3.63, 3.8) is 0 Å². The van der Waals surface area contributed by atoms with E-state index >= 15 is 0 Å². The number of anilines is 1. The van der Waals surface area contributed by atoms with E-state index in [1.165, 1.54) is 55.2 Å². The van der Waals surface area contributed by atoms with E-state index in [2.05, 4.69) is 25.1 Å². The van der Waals surface area contributed by atoms with Gasteiger partial charge in [-0.15, -0.1) is 21.5 Å². The van der Waals surface area contributed by atoms with Gasteiger partial charge in [0.05, 0.1) is 11.4 Å². The second kappa shape index (κ2) is 8.87. The molecule has 1 aliphatic carbocycles. The van der Waals surface area contributed by atoms with Gasteiger partial charge in [0.1, 0.15) is 5.82 Å². The molecule has 3 aromatic rings. The van der Waals surface area contributed by atoms with E-state index in [1.807, 2.05) is 42.6 Å². The predicted octanol–water partition coefficient (Wildman–Crippen LogP) is 4.95. The van der Waals surface area contributed by atoms with Crippen molar-refractivity contribution in [3.8, 4) is 11.3 Å². The summed E-state index contributed by atoms with van der Waals surface area (Å²) in [6, 6.07) is 10.4. The van der Waals surface area contributed by atoms with Gasteiger partial charge in [0.2, 0.25) is 5.91 Å². The number of hydrogen-bond donors (Lipinski definition) is 1. The van der Waals surface area contributed by atoms with Gasteiger partial charge in [-0.05, 0) is 19.8 Å². The molecule has 0 saturated heterocycles. The van der Waals surface area contributed by atoms with Gasteiger partial charge < -0.3 is 9.88 Å². The predicted molar refractivity (Wildman–Crippen MR) is 114 cm³/mol. The summed E-state index contributed by atoms with van der Waals surface area (Å²) >= 11 is 2.89. The number of nitrogens with one attached hydrogen (secondary N) is 1. The number of carbonyl (C=O) groups excluding carboxylic acids is 1. The topological polar surface area (TPSA) is 72.7 Å². The van der Waals surface area contributed by atoms with Gasteiger partial charge >= 0.3 is 0 Å². The number of carbonyl (C=O) groups is 1. The first-order valence-electron chi connectivity index (χ1n) is 9.56. The molecule has 0 bridgehead atoms. The molecule has 4 rings (SSSR count). The molecule has 0 unspecified atom stereocenters. The molecule has 1 fully saturated rings. The van der Waals surface area contributed by atoms with Gasteiger partial charge in [-0.25, -0.2) is 4.98 Å². The summed E-state index contributed by atoms with van der Waals surface area (Å²) < 4.78 is 2.22. The third-order valence-electron chi connectivity index (χ3n) is 4.93. The molecule has 1 aromatic carbocycles. The van der Waals surface area contributed by atoms with E-state index in [0.29, 0.717) is 16.9 Å². The van der Waals surface area contributed by atoms with Crippen molar-refractivity contribution in [2.75, 3.05) is 11.1 Å². The molecule has 2 heterocycles. The van der Waals surface area contributed by atoms with Crippen LogP contribution in [0.15, 0.2) is 40.9 Å². The van der Waals surface area contributed by atoms with Crippen LogP contribution in [0.3, 0.4) is 0 Å². The molecule has 2 aromatic heterocycles. The van der Waals surface area contributed by atoms with Gasteiger partial charge in [-0.1, -0.05) is 61.4 Å². The van der Waals surface area contributed by atoms with Crippen LogP contribution in [-0.4, -0.2) is 31.4 Å². The van der Waals surface area contributed by atoms with E-state index in [0.717, 1.165) is 22.2 Å². The number of thiazole rings is 1. The number of aryl methyl sites for hydroxylation is 1. The number of thioether (sulfide) groups is 1. The first-order valence-corrected chi connectivity index (χ1v) is 11.4. The molecule has 1 aliphatic rings. The van der Waals surface area contributed by atoms with Crippen molar-refractivity contribution < 1.29 is 4.79 Å². The Morgan fingerprint density at radius 2 is 2.00 bits per heavy atom. The zero-order chi connectivity index (χ0) is 19.3. The van der Waals surface area contributed by atoms with Crippen LogP contribution in [0.1, 0.15) is 44.0 Å². The van der Waals surface area contributed by atoms with Crippen molar-refractivity contribution in [3.05, 3.63) is 41.5 Å². The first kappa shape index (κ1) is 19.1. The molecule has 0 aliphatic heterocycles. The van der Waals surface area contributed by atoms with Crippen molar-refractivity contribution in [1.29, 1.82) is 0 Å². The summed E-state index contributed by atoms with van der Waals surface area (Å²) in [4.78, 5) is 16.9. The van der Waals surface area contributed by atoms with Crippen LogP contribution < -0.4 is 5.32 Å². The van der Waals surface area contributed by atoms with Gasteiger partial charge in [0.15, 0.2) is 10.3 Å². The van der Waals surface area contributed by atoms with Crippen molar-refractivity contribution in [2.45, 2.75) is 50.2 Å². The molecule has 0 radical (unpaired) electrons. The SMILES string of the molecule is Cc1nnc(SCC(=O)Nc2nc(-c3ccccc3)cs2)n1C1CCCCC1. The van der Waals surface area contributed by atoms with Gasteiger partial charge in [-0.3, -0.25) is 4.79 Å². The molecule has 28 heavy (non-hydrogen) atoms. The fraction of sp³-hybridized carbons (Fsp3) is 0.400. The van der Waals surface area contributed by atoms with Crippen LogP contribution in [0.25, 0.3) is 11.3 Å². The van der Waals surface area contributed by atoms with Crippen LogP contribution in [0.4, 0.5) is 5.13 Å².